The molecule has 76 valence electrons. The molecule has 0 atom stereocenters. The predicted molar refractivity (Wildman–Crippen MR) is 49.0 cm³/mol. The third kappa shape index (κ3) is 11.4. The fourth-order valence-electron chi connectivity index (χ4n) is 0.883. The molecule has 0 unspecified atom stereocenters. The van der Waals surface area contributed by atoms with Crippen LogP contribution in [0.3, 0.4) is 0 Å². The van der Waals surface area contributed by atoms with E-state index in [4.69, 9.17) is 0 Å². The van der Waals surface area contributed by atoms with E-state index in [1.807, 2.05) is 30.3 Å². The van der Waals surface area contributed by atoms with Gasteiger partial charge in [-0.2, -0.15) is 0 Å². The maximum absolute atomic E-state index is 10.1. The van der Waals surface area contributed by atoms with Gasteiger partial charge in [0.1, 0.15) is 0 Å². The number of hydrogen-bond acceptors (Lipinski definition) is 4. The Hall–Kier alpha value is 2.34. The summed E-state index contributed by atoms with van der Waals surface area (Å²) in [6, 6.07) is 9.28. The molecule has 0 N–H and O–H groups in total. The quantitative estimate of drug-likeness (QED) is 0.410. The van der Waals surface area contributed by atoms with E-state index in [0.717, 1.165) is 5.56 Å². The first-order valence-corrected chi connectivity index (χ1v) is 5.42. The molecule has 0 aromatic heterocycles. The molecule has 1 rings (SSSR count). The van der Waals surface area contributed by atoms with Crippen molar-refractivity contribution in [3.8, 4) is 0 Å². The van der Waals surface area contributed by atoms with Gasteiger partial charge in [0.05, 0.1) is 14.4 Å². The Balaban J connectivity index is 0. The fraction of sp³-hybridized carbons (Fsp3) is 0.111. The summed E-state index contributed by atoms with van der Waals surface area (Å²) < 4.78 is 14.1. The third-order valence-corrected chi connectivity index (χ3v) is 1.90. The summed E-state index contributed by atoms with van der Waals surface area (Å²) in [5, 5.41) is 0. The molecule has 0 amide bonds. The van der Waals surface area contributed by atoms with Crippen molar-refractivity contribution in [2.75, 3.05) is 6.61 Å². The van der Waals surface area contributed by atoms with Gasteiger partial charge >= 0.3 is 103 Å². The van der Waals surface area contributed by atoms with Gasteiger partial charge < -0.3 is 18.9 Å². The predicted octanol–water partition coefficient (Wildman–Crippen LogP) is -5.45. The van der Waals surface area contributed by atoms with Crippen LogP contribution in [0.25, 0.3) is 6.08 Å². The van der Waals surface area contributed by atoms with Crippen molar-refractivity contribution in [3.63, 3.8) is 0 Å². The van der Waals surface area contributed by atoms with Crippen LogP contribution in [0.1, 0.15) is 5.56 Å². The Morgan fingerprint density at radius 1 is 1.19 bits per heavy atom. The first-order chi connectivity index (χ1) is 6.58. The minimum Gasteiger partial charge on any atom is -0.790 e. The Kier molecular flexibility index (Phi) is 14.5. The number of hydrogen-bond donors (Lipinski definition) is 0. The van der Waals surface area contributed by atoms with Crippen LogP contribution < -0.4 is 113 Å². The summed E-state index contributed by atoms with van der Waals surface area (Å²) in [6.07, 6.45) is 3.15. The third-order valence-electron chi connectivity index (χ3n) is 1.44. The number of benzene rings is 1. The number of rotatable bonds is 4. The molecule has 0 saturated carbocycles. The van der Waals surface area contributed by atoms with Crippen LogP contribution in [0.5, 0.6) is 0 Å². The Morgan fingerprint density at radius 2 is 1.75 bits per heavy atom. The van der Waals surface area contributed by atoms with Crippen molar-refractivity contribution in [1.82, 2.24) is 0 Å². The van der Waals surface area contributed by atoms with E-state index in [-0.39, 0.29) is 109 Å². The van der Waals surface area contributed by atoms with Gasteiger partial charge in [-0.05, 0) is 5.56 Å². The van der Waals surface area contributed by atoms with Gasteiger partial charge in [0, 0.05) is 0 Å². The standard InChI is InChI=1S/C9H11O4P.2K/c10-14(11,12)13-8-4-7-9-5-2-1-3-6-9;;/h1-7H,8H2,(H2,10,11,12);;/q;2*+1/p-2. The average Bonchev–Trinajstić information content (AvgIpc) is 2.13. The molecular weight excluding hydrogens is 281 g/mol. The molecule has 1 aromatic carbocycles. The van der Waals surface area contributed by atoms with E-state index >= 15 is 0 Å². The zero-order valence-electron chi connectivity index (χ0n) is 9.33. The number of phosphoric acid groups is 1. The van der Waals surface area contributed by atoms with Gasteiger partial charge in [0.15, 0.2) is 0 Å². The average molecular weight is 290 g/mol. The van der Waals surface area contributed by atoms with Gasteiger partial charge in [-0.25, -0.2) is 0 Å². The maximum Gasteiger partial charge on any atom is 1.00 e. The van der Waals surface area contributed by atoms with Gasteiger partial charge in [0.25, 0.3) is 0 Å². The molecule has 0 aliphatic carbocycles. The molecule has 0 fully saturated rings. The molecule has 0 aliphatic heterocycles. The second-order valence-corrected chi connectivity index (χ2v) is 3.71. The van der Waals surface area contributed by atoms with E-state index in [1.165, 1.54) is 6.08 Å². The summed E-state index contributed by atoms with van der Waals surface area (Å²) in [6.45, 7) is -0.223. The molecule has 7 heteroatoms. The summed E-state index contributed by atoms with van der Waals surface area (Å²) >= 11 is 0. The van der Waals surface area contributed by atoms with Crippen molar-refractivity contribution < 1.29 is 122 Å². The van der Waals surface area contributed by atoms with E-state index in [2.05, 4.69) is 4.52 Å². The molecule has 0 heterocycles. The van der Waals surface area contributed by atoms with Crippen molar-refractivity contribution in [2.45, 2.75) is 0 Å². The molecule has 1 aromatic rings. The van der Waals surface area contributed by atoms with E-state index in [9.17, 15) is 14.4 Å². The van der Waals surface area contributed by atoms with Crippen LogP contribution in [0.4, 0.5) is 0 Å². The van der Waals surface area contributed by atoms with E-state index in [0.29, 0.717) is 0 Å². The number of phosphoric ester groups is 1. The van der Waals surface area contributed by atoms with Crippen LogP contribution in [-0.4, -0.2) is 6.61 Å². The van der Waals surface area contributed by atoms with Gasteiger partial charge in [-0.1, -0.05) is 42.5 Å². The minimum atomic E-state index is -4.84. The SMILES string of the molecule is O=P([O-])([O-])OCC=Cc1ccccc1.[K+].[K+]. The van der Waals surface area contributed by atoms with Crippen molar-refractivity contribution in [2.24, 2.45) is 0 Å². The Bertz CT molecular complexity index is 350. The van der Waals surface area contributed by atoms with Crippen molar-refractivity contribution >= 4 is 13.9 Å². The van der Waals surface area contributed by atoms with Crippen LogP contribution in [0, 0.1) is 0 Å². The van der Waals surface area contributed by atoms with Crippen molar-refractivity contribution in [1.29, 1.82) is 0 Å². The molecule has 0 spiro atoms. The molecule has 4 nitrogen and oxygen atoms in total. The Morgan fingerprint density at radius 3 is 2.25 bits per heavy atom. The second-order valence-electron chi connectivity index (χ2n) is 2.56. The maximum atomic E-state index is 10.1. The minimum absolute atomic E-state index is 0. The monoisotopic (exact) mass is 290 g/mol. The van der Waals surface area contributed by atoms with Crippen LogP contribution >= 0.6 is 7.82 Å². The second kappa shape index (κ2) is 11.2. The van der Waals surface area contributed by atoms with Crippen LogP contribution in [-0.2, 0) is 9.09 Å². The van der Waals surface area contributed by atoms with Crippen LogP contribution in [0.2, 0.25) is 0 Å². The smallest absolute Gasteiger partial charge is 0.790 e. The molecule has 0 bridgehead atoms. The van der Waals surface area contributed by atoms with E-state index in [1.54, 1.807) is 6.08 Å². The molecule has 16 heavy (non-hydrogen) atoms. The van der Waals surface area contributed by atoms with E-state index < -0.39 is 7.82 Å². The fourth-order valence-corrected chi connectivity index (χ4v) is 1.15. The zero-order valence-corrected chi connectivity index (χ0v) is 16.5. The first kappa shape index (κ1) is 20.7. The molecular formula is C9H9K2O4P. The Labute approximate surface area is 180 Å². The van der Waals surface area contributed by atoms with Gasteiger partial charge in [0.2, 0.25) is 0 Å². The first-order valence-electron chi connectivity index (χ1n) is 3.96. The summed E-state index contributed by atoms with van der Waals surface area (Å²) in [7, 11) is -4.84. The van der Waals surface area contributed by atoms with Crippen molar-refractivity contribution in [3.05, 3.63) is 42.0 Å². The zero-order chi connectivity index (χ0) is 10.4. The molecule has 0 aliphatic rings. The summed E-state index contributed by atoms with van der Waals surface area (Å²) in [5.74, 6) is 0. The molecule has 0 saturated heterocycles. The summed E-state index contributed by atoms with van der Waals surface area (Å²) in [5.41, 5.74) is 0.919. The topological polar surface area (TPSA) is 72.4 Å². The van der Waals surface area contributed by atoms with Gasteiger partial charge in [-0.15, -0.1) is 0 Å². The summed E-state index contributed by atoms with van der Waals surface area (Å²) in [4.78, 5) is 20.1. The largest absolute Gasteiger partial charge is 1.00 e. The van der Waals surface area contributed by atoms with Gasteiger partial charge in [-0.3, -0.25) is 0 Å². The molecule has 0 radical (unpaired) electrons. The normalized spacial score (nSPS) is 10.6. The van der Waals surface area contributed by atoms with Crippen LogP contribution in [0.15, 0.2) is 36.4 Å².